The van der Waals surface area contributed by atoms with Crippen LogP contribution in [-0.2, 0) is 6.42 Å². The molecule has 1 aliphatic carbocycles. The Hall–Kier alpha value is -2.30. The molecule has 0 unspecified atom stereocenters. The van der Waals surface area contributed by atoms with Gasteiger partial charge in [-0.25, -0.2) is 4.52 Å². The highest BCUT2D eigenvalue weighted by Gasteiger charge is 2.36. The van der Waals surface area contributed by atoms with E-state index in [2.05, 4.69) is 5.10 Å². The molecule has 2 aromatic heterocycles. The number of alkyl halides is 3. The van der Waals surface area contributed by atoms with Crippen LogP contribution in [0.5, 0.6) is 0 Å². The number of nitrogens with zero attached hydrogens (tertiary/aromatic N) is 2. The first kappa shape index (κ1) is 14.6. The molecule has 0 spiro atoms. The molecule has 2 aromatic rings. The van der Waals surface area contributed by atoms with Gasteiger partial charge in [0.2, 0.25) is 0 Å². The van der Waals surface area contributed by atoms with Gasteiger partial charge in [0.15, 0.2) is 0 Å². The summed E-state index contributed by atoms with van der Waals surface area (Å²) in [5.74, 6) is 0. The summed E-state index contributed by atoms with van der Waals surface area (Å²) in [6, 6.07) is 3.46. The fourth-order valence-corrected chi connectivity index (χ4v) is 2.62. The van der Waals surface area contributed by atoms with Gasteiger partial charge in [0.05, 0.1) is 17.3 Å². The van der Waals surface area contributed by atoms with Gasteiger partial charge in [-0.1, -0.05) is 25.2 Å². The lowest BCUT2D eigenvalue weighted by molar-refractivity contribution is -0.0870. The first-order chi connectivity index (χ1) is 10.5. The van der Waals surface area contributed by atoms with Crippen LogP contribution < -0.4 is 0 Å². The molecule has 0 aromatic carbocycles. The lowest BCUT2D eigenvalue weighted by Gasteiger charge is -2.15. The minimum Gasteiger partial charge on any atom is -0.241 e. The second kappa shape index (κ2) is 5.48. The summed E-state index contributed by atoms with van der Waals surface area (Å²) in [6.07, 6.45) is 6.29. The molecule has 0 atom stereocenters. The van der Waals surface area contributed by atoms with E-state index in [9.17, 15) is 13.2 Å². The molecule has 114 valence electrons. The third-order valence-electron chi connectivity index (χ3n) is 3.75. The molecule has 0 amide bonds. The SMILES string of the molecule is CCc1cnn2ccc(C3=CCC=CC=C3C(F)(F)F)cc12. The van der Waals surface area contributed by atoms with Gasteiger partial charge in [-0.3, -0.25) is 0 Å². The Labute approximate surface area is 126 Å². The van der Waals surface area contributed by atoms with E-state index in [1.807, 2.05) is 6.92 Å². The number of aryl methyl sites for hydroxylation is 1. The minimum atomic E-state index is -4.37. The second-order valence-electron chi connectivity index (χ2n) is 5.13. The predicted molar refractivity (Wildman–Crippen MR) is 80.4 cm³/mol. The lowest BCUT2D eigenvalue weighted by Crippen LogP contribution is -2.13. The highest BCUT2D eigenvalue weighted by Crippen LogP contribution is 2.38. The average Bonchev–Trinajstić information content (AvgIpc) is 2.71. The third kappa shape index (κ3) is 2.58. The molecule has 2 heterocycles. The van der Waals surface area contributed by atoms with Crippen LogP contribution in [-0.4, -0.2) is 15.8 Å². The summed E-state index contributed by atoms with van der Waals surface area (Å²) in [4.78, 5) is 0. The number of fused-ring (bicyclic) bond motifs is 1. The van der Waals surface area contributed by atoms with Crippen molar-refractivity contribution in [3.05, 3.63) is 65.5 Å². The predicted octanol–water partition coefficient (Wildman–Crippen LogP) is 4.73. The van der Waals surface area contributed by atoms with Crippen LogP contribution in [0.1, 0.15) is 24.5 Å². The highest BCUT2D eigenvalue weighted by molar-refractivity contribution is 5.83. The van der Waals surface area contributed by atoms with Gasteiger partial charge < -0.3 is 0 Å². The monoisotopic (exact) mass is 304 g/mol. The molecule has 0 fully saturated rings. The van der Waals surface area contributed by atoms with Gasteiger partial charge in [0.1, 0.15) is 0 Å². The van der Waals surface area contributed by atoms with Crippen LogP contribution >= 0.6 is 0 Å². The van der Waals surface area contributed by atoms with E-state index in [-0.39, 0.29) is 5.57 Å². The molecule has 0 bridgehead atoms. The van der Waals surface area contributed by atoms with Gasteiger partial charge in [-0.05, 0) is 47.8 Å². The molecule has 0 radical (unpaired) electrons. The van der Waals surface area contributed by atoms with E-state index in [1.54, 1.807) is 41.2 Å². The first-order valence-corrected chi connectivity index (χ1v) is 7.12. The number of hydrogen-bond acceptors (Lipinski definition) is 1. The van der Waals surface area contributed by atoms with E-state index in [4.69, 9.17) is 0 Å². The molecule has 0 saturated heterocycles. The number of allylic oxidation sites excluding steroid dienone is 6. The summed E-state index contributed by atoms with van der Waals surface area (Å²) in [7, 11) is 0. The Balaban J connectivity index is 2.14. The summed E-state index contributed by atoms with van der Waals surface area (Å²) in [5, 5.41) is 4.21. The standard InChI is InChI=1S/C17H15F3N2/c1-2-12-11-21-22-9-8-13(10-16(12)22)14-6-4-3-5-7-15(14)17(18,19)20/h3,5-11H,2,4H2,1H3. The van der Waals surface area contributed by atoms with Crippen molar-refractivity contribution in [1.29, 1.82) is 0 Å². The normalized spacial score (nSPS) is 15.6. The topological polar surface area (TPSA) is 17.3 Å². The highest BCUT2D eigenvalue weighted by atomic mass is 19.4. The Morgan fingerprint density at radius 2 is 2.14 bits per heavy atom. The van der Waals surface area contributed by atoms with Crippen molar-refractivity contribution < 1.29 is 13.2 Å². The Morgan fingerprint density at radius 1 is 1.32 bits per heavy atom. The summed E-state index contributed by atoms with van der Waals surface area (Å²) < 4.78 is 41.6. The zero-order valence-corrected chi connectivity index (χ0v) is 12.1. The Morgan fingerprint density at radius 3 is 2.86 bits per heavy atom. The molecule has 2 nitrogen and oxygen atoms in total. The van der Waals surface area contributed by atoms with Crippen molar-refractivity contribution in [2.45, 2.75) is 25.9 Å². The lowest BCUT2D eigenvalue weighted by atomic mass is 9.97. The number of pyridine rings is 1. The number of aromatic nitrogens is 2. The van der Waals surface area contributed by atoms with Gasteiger partial charge >= 0.3 is 6.18 Å². The number of halogens is 3. The third-order valence-corrected chi connectivity index (χ3v) is 3.75. The zero-order valence-electron chi connectivity index (χ0n) is 12.1. The quantitative estimate of drug-likeness (QED) is 0.784. The fourth-order valence-electron chi connectivity index (χ4n) is 2.62. The maximum atomic E-state index is 13.3. The fraction of sp³-hybridized carbons (Fsp3) is 0.235. The molecule has 3 rings (SSSR count). The molecule has 0 saturated carbocycles. The zero-order chi connectivity index (χ0) is 15.7. The van der Waals surface area contributed by atoms with Crippen molar-refractivity contribution in [3.63, 3.8) is 0 Å². The van der Waals surface area contributed by atoms with E-state index in [0.29, 0.717) is 12.0 Å². The Bertz CT molecular complexity index is 792. The summed E-state index contributed by atoms with van der Waals surface area (Å²) in [5.41, 5.74) is 2.05. The molecular weight excluding hydrogens is 289 g/mol. The first-order valence-electron chi connectivity index (χ1n) is 7.12. The van der Waals surface area contributed by atoms with Crippen molar-refractivity contribution in [2.24, 2.45) is 0 Å². The van der Waals surface area contributed by atoms with Crippen LogP contribution in [0.3, 0.4) is 0 Å². The van der Waals surface area contributed by atoms with Gasteiger partial charge in [0.25, 0.3) is 0 Å². The smallest absolute Gasteiger partial charge is 0.241 e. The van der Waals surface area contributed by atoms with Crippen LogP contribution in [0.2, 0.25) is 0 Å². The number of rotatable bonds is 2. The largest absolute Gasteiger partial charge is 0.416 e. The molecule has 0 N–H and O–H groups in total. The summed E-state index contributed by atoms with van der Waals surface area (Å²) >= 11 is 0. The molecule has 0 aliphatic heterocycles. The van der Waals surface area contributed by atoms with Crippen LogP contribution in [0.15, 0.2) is 54.4 Å². The van der Waals surface area contributed by atoms with E-state index < -0.39 is 11.7 Å². The average molecular weight is 304 g/mol. The van der Waals surface area contributed by atoms with Crippen molar-refractivity contribution in [3.8, 4) is 0 Å². The van der Waals surface area contributed by atoms with Crippen LogP contribution in [0.4, 0.5) is 13.2 Å². The van der Waals surface area contributed by atoms with Crippen molar-refractivity contribution >= 4 is 11.1 Å². The van der Waals surface area contributed by atoms with Gasteiger partial charge in [-0.15, -0.1) is 0 Å². The molecule has 1 aliphatic rings. The molecule has 5 heteroatoms. The van der Waals surface area contributed by atoms with E-state index in [1.165, 1.54) is 6.08 Å². The van der Waals surface area contributed by atoms with Gasteiger partial charge in [-0.2, -0.15) is 18.3 Å². The van der Waals surface area contributed by atoms with Crippen molar-refractivity contribution in [1.82, 2.24) is 9.61 Å². The maximum absolute atomic E-state index is 13.3. The molecule has 22 heavy (non-hydrogen) atoms. The van der Waals surface area contributed by atoms with Crippen LogP contribution in [0, 0.1) is 0 Å². The second-order valence-corrected chi connectivity index (χ2v) is 5.13. The molecular formula is C17H15F3N2. The van der Waals surface area contributed by atoms with Crippen molar-refractivity contribution in [2.75, 3.05) is 0 Å². The number of hydrogen-bond donors (Lipinski definition) is 0. The minimum absolute atomic E-state index is 0.225. The maximum Gasteiger partial charge on any atom is 0.416 e. The Kier molecular flexibility index (Phi) is 3.64. The van der Waals surface area contributed by atoms with E-state index >= 15 is 0 Å². The summed E-state index contributed by atoms with van der Waals surface area (Å²) in [6.45, 7) is 2.00. The van der Waals surface area contributed by atoms with E-state index in [0.717, 1.165) is 23.6 Å². The van der Waals surface area contributed by atoms with Gasteiger partial charge in [0, 0.05) is 6.20 Å². The van der Waals surface area contributed by atoms with Crippen LogP contribution in [0.25, 0.3) is 11.1 Å².